The number of ether oxygens (including phenoxy) is 2. The van der Waals surface area contributed by atoms with E-state index < -0.39 is 0 Å². The Labute approximate surface area is 113 Å². The van der Waals surface area contributed by atoms with Gasteiger partial charge in [-0.1, -0.05) is 48.4 Å². The molecule has 0 spiro atoms. The molecule has 3 heteroatoms. The van der Waals surface area contributed by atoms with Gasteiger partial charge < -0.3 is 9.47 Å². The Balaban J connectivity index is 4.49. The second-order valence-corrected chi connectivity index (χ2v) is 5.08. The van der Waals surface area contributed by atoms with Gasteiger partial charge in [-0.05, 0) is 13.3 Å². The number of alkyl halides is 1. The van der Waals surface area contributed by atoms with Crippen molar-refractivity contribution < 1.29 is 9.47 Å². The number of allylic oxidation sites excluding steroid dienone is 1. The third-order valence-electron chi connectivity index (χ3n) is 2.30. The molecular weight excluding hydrogens is 315 g/mol. The summed E-state index contributed by atoms with van der Waals surface area (Å²) in [6.45, 7) is 10.5. The lowest BCUT2D eigenvalue weighted by Gasteiger charge is -2.32. The quantitative estimate of drug-likeness (QED) is 0.222. The molecule has 0 aromatic rings. The van der Waals surface area contributed by atoms with Crippen LogP contribution in [-0.4, -0.2) is 23.4 Å². The summed E-state index contributed by atoms with van der Waals surface area (Å²) in [6.07, 6.45) is 7.73. The van der Waals surface area contributed by atoms with Crippen LogP contribution in [0.5, 0.6) is 0 Å². The van der Waals surface area contributed by atoms with Crippen LogP contribution in [0.2, 0.25) is 0 Å². The summed E-state index contributed by atoms with van der Waals surface area (Å²) in [5, 5.41) is 0. The van der Waals surface area contributed by atoms with Gasteiger partial charge in [0, 0.05) is 12.0 Å². The second-order valence-electron chi connectivity index (χ2n) is 4.20. The Hall–Kier alpha value is -0.0500. The summed E-state index contributed by atoms with van der Waals surface area (Å²) in [5.74, 6) is 2.70. The van der Waals surface area contributed by atoms with Crippen molar-refractivity contribution >= 4 is 22.6 Å². The minimum Gasteiger partial charge on any atom is -0.352 e. The largest absolute Gasteiger partial charge is 0.352 e. The molecule has 0 radical (unpaired) electrons. The summed E-state index contributed by atoms with van der Waals surface area (Å²) in [7, 11) is 0. The molecule has 0 saturated heterocycles. The maximum absolute atomic E-state index is 5.79. The highest BCUT2D eigenvalue weighted by Crippen LogP contribution is 2.28. The predicted octanol–water partition coefficient (Wildman–Crippen LogP) is 3.40. The maximum atomic E-state index is 5.79. The van der Waals surface area contributed by atoms with Crippen molar-refractivity contribution in [3.05, 3.63) is 12.7 Å². The summed E-state index contributed by atoms with van der Waals surface area (Å²) >= 11 is 2.23. The highest BCUT2D eigenvalue weighted by molar-refractivity contribution is 14.1. The Morgan fingerprint density at radius 3 is 2.56 bits per heavy atom. The first kappa shape index (κ1) is 16.0. The topological polar surface area (TPSA) is 18.5 Å². The molecule has 2 atom stereocenters. The summed E-state index contributed by atoms with van der Waals surface area (Å²) < 4.78 is 12.0. The second kappa shape index (κ2) is 8.10. The maximum Gasteiger partial charge on any atom is 0.168 e. The van der Waals surface area contributed by atoms with Crippen LogP contribution in [0.15, 0.2) is 12.7 Å². The van der Waals surface area contributed by atoms with E-state index in [1.54, 1.807) is 0 Å². The molecule has 0 rings (SSSR count). The zero-order valence-electron chi connectivity index (χ0n) is 10.3. The van der Waals surface area contributed by atoms with Gasteiger partial charge in [0.1, 0.15) is 6.10 Å². The molecular formula is C13H21IO2. The number of hydrogen-bond acceptors (Lipinski definition) is 2. The monoisotopic (exact) mass is 336 g/mol. The molecule has 0 amide bonds. The van der Waals surface area contributed by atoms with E-state index in [2.05, 4.69) is 48.9 Å². The first-order chi connectivity index (χ1) is 7.51. The van der Waals surface area contributed by atoms with E-state index in [1.807, 2.05) is 13.0 Å². The van der Waals surface area contributed by atoms with Gasteiger partial charge in [0.05, 0.1) is 4.43 Å². The van der Waals surface area contributed by atoms with Crippen LogP contribution >= 0.6 is 22.6 Å². The average Bonchev–Trinajstić information content (AvgIpc) is 2.23. The minimum absolute atomic E-state index is 0.113. The Morgan fingerprint density at radius 1 is 1.56 bits per heavy atom. The first-order valence-corrected chi connectivity index (χ1v) is 6.94. The van der Waals surface area contributed by atoms with Gasteiger partial charge in [-0.25, -0.2) is 0 Å². The highest BCUT2D eigenvalue weighted by Gasteiger charge is 2.29. The highest BCUT2D eigenvalue weighted by atomic mass is 127. The lowest BCUT2D eigenvalue weighted by Crippen LogP contribution is -2.35. The van der Waals surface area contributed by atoms with Crippen molar-refractivity contribution in [3.8, 4) is 12.3 Å². The van der Waals surface area contributed by atoms with E-state index in [0.717, 1.165) is 10.8 Å². The molecule has 0 bridgehead atoms. The zero-order valence-corrected chi connectivity index (χ0v) is 12.5. The van der Waals surface area contributed by atoms with Crippen molar-refractivity contribution in [2.24, 2.45) is 5.41 Å². The SMILES string of the molecule is C#CC(OC(CI)OCC)C(C)(C)CC=C. The molecule has 0 aliphatic carbocycles. The smallest absolute Gasteiger partial charge is 0.168 e. The van der Waals surface area contributed by atoms with Crippen LogP contribution in [0.1, 0.15) is 27.2 Å². The van der Waals surface area contributed by atoms with Gasteiger partial charge in [0.15, 0.2) is 6.29 Å². The molecule has 16 heavy (non-hydrogen) atoms. The molecule has 0 saturated carbocycles. The molecule has 0 fully saturated rings. The lowest BCUT2D eigenvalue weighted by atomic mass is 9.83. The van der Waals surface area contributed by atoms with E-state index in [9.17, 15) is 0 Å². The van der Waals surface area contributed by atoms with Crippen LogP contribution in [0.4, 0.5) is 0 Å². The van der Waals surface area contributed by atoms with Crippen LogP contribution < -0.4 is 0 Å². The molecule has 0 N–H and O–H groups in total. The molecule has 2 unspecified atom stereocenters. The first-order valence-electron chi connectivity index (χ1n) is 5.41. The molecule has 2 nitrogen and oxygen atoms in total. The van der Waals surface area contributed by atoms with Gasteiger partial charge >= 0.3 is 0 Å². The van der Waals surface area contributed by atoms with Gasteiger partial charge in [0.25, 0.3) is 0 Å². The van der Waals surface area contributed by atoms with E-state index in [-0.39, 0.29) is 17.8 Å². The van der Waals surface area contributed by atoms with E-state index in [0.29, 0.717) is 6.61 Å². The fraction of sp³-hybridized carbons (Fsp3) is 0.692. The number of hydrogen-bond donors (Lipinski definition) is 0. The lowest BCUT2D eigenvalue weighted by molar-refractivity contribution is -0.161. The minimum atomic E-state index is -0.253. The van der Waals surface area contributed by atoms with E-state index in [1.165, 1.54) is 0 Å². The molecule has 0 aromatic carbocycles. The molecule has 0 aliphatic rings. The average molecular weight is 336 g/mol. The molecule has 0 heterocycles. The predicted molar refractivity (Wildman–Crippen MR) is 76.6 cm³/mol. The number of terminal acetylenes is 1. The fourth-order valence-corrected chi connectivity index (χ4v) is 1.85. The van der Waals surface area contributed by atoms with Crippen molar-refractivity contribution in [1.82, 2.24) is 0 Å². The normalized spacial score (nSPS) is 15.2. The van der Waals surface area contributed by atoms with Crippen LogP contribution in [0.3, 0.4) is 0 Å². The van der Waals surface area contributed by atoms with Crippen LogP contribution in [-0.2, 0) is 9.47 Å². The van der Waals surface area contributed by atoms with Gasteiger partial charge in [-0.2, -0.15) is 0 Å². The van der Waals surface area contributed by atoms with E-state index >= 15 is 0 Å². The third kappa shape index (κ3) is 5.33. The van der Waals surface area contributed by atoms with Crippen molar-refractivity contribution in [3.63, 3.8) is 0 Å². The molecule has 92 valence electrons. The molecule has 0 aromatic heterocycles. The van der Waals surface area contributed by atoms with Crippen molar-refractivity contribution in [2.75, 3.05) is 11.0 Å². The number of rotatable bonds is 8. The van der Waals surface area contributed by atoms with Gasteiger partial charge in [-0.3, -0.25) is 0 Å². The van der Waals surface area contributed by atoms with Crippen molar-refractivity contribution in [1.29, 1.82) is 0 Å². The van der Waals surface area contributed by atoms with Crippen LogP contribution in [0, 0.1) is 17.8 Å². The summed E-state index contributed by atoms with van der Waals surface area (Å²) in [6, 6.07) is 0. The number of halogens is 1. The van der Waals surface area contributed by atoms with Crippen molar-refractivity contribution in [2.45, 2.75) is 39.6 Å². The van der Waals surface area contributed by atoms with Gasteiger partial charge in [0.2, 0.25) is 0 Å². The van der Waals surface area contributed by atoms with E-state index in [4.69, 9.17) is 15.9 Å². The summed E-state index contributed by atoms with van der Waals surface area (Å²) in [5.41, 5.74) is -0.113. The van der Waals surface area contributed by atoms with Gasteiger partial charge in [-0.15, -0.1) is 13.0 Å². The summed E-state index contributed by atoms with van der Waals surface area (Å²) in [4.78, 5) is 0. The zero-order chi connectivity index (χ0) is 12.6. The molecule has 0 aliphatic heterocycles. The Kier molecular flexibility index (Phi) is 8.08. The fourth-order valence-electron chi connectivity index (χ4n) is 1.39. The Bertz CT molecular complexity index is 243. The standard InChI is InChI=1S/C13H21IO2/c1-6-9-13(4,5)11(7-2)16-12(10-14)15-8-3/h2,6,11-12H,1,8-10H2,3-5H3. The third-order valence-corrected chi connectivity index (χ3v) is 3.02. The Morgan fingerprint density at radius 2 is 2.19 bits per heavy atom. The van der Waals surface area contributed by atoms with Crippen LogP contribution in [0.25, 0.3) is 0 Å².